The summed E-state index contributed by atoms with van der Waals surface area (Å²) in [6.07, 6.45) is 3.71. The molecule has 4 heteroatoms. The summed E-state index contributed by atoms with van der Waals surface area (Å²) in [6.45, 7) is 0.562. The van der Waals surface area contributed by atoms with E-state index in [0.717, 1.165) is 23.2 Å². The Hall–Kier alpha value is -1.94. The zero-order valence-corrected chi connectivity index (χ0v) is 11.2. The predicted molar refractivity (Wildman–Crippen MR) is 75.1 cm³/mol. The summed E-state index contributed by atoms with van der Waals surface area (Å²) in [4.78, 5) is 12.3. The first-order valence-corrected chi connectivity index (χ1v) is 6.50. The summed E-state index contributed by atoms with van der Waals surface area (Å²) in [5, 5.41) is 4.10. The highest BCUT2D eigenvalue weighted by Crippen LogP contribution is 2.13. The van der Waals surface area contributed by atoms with Gasteiger partial charge in [-0.2, -0.15) is 5.10 Å². The Labute approximate surface area is 113 Å². The topological polar surface area (TPSA) is 60.9 Å². The molecule has 0 radical (unpaired) electrons. The predicted octanol–water partition coefficient (Wildman–Crippen LogP) is 1.74. The molecular weight excluding hydrogens is 238 g/mol. The monoisotopic (exact) mass is 257 g/mol. The quantitative estimate of drug-likeness (QED) is 0.802. The summed E-state index contributed by atoms with van der Waals surface area (Å²) in [5.74, 6) is 0.172. The van der Waals surface area contributed by atoms with Crippen LogP contribution in [-0.2, 0) is 19.9 Å². The molecule has 1 aromatic carbocycles. The molecular formula is C15H19N3O. The molecule has 0 fully saturated rings. The van der Waals surface area contributed by atoms with Crippen molar-refractivity contribution in [1.29, 1.82) is 0 Å². The van der Waals surface area contributed by atoms with Gasteiger partial charge in [-0.15, -0.1) is 0 Å². The Morgan fingerprint density at radius 2 is 2.05 bits per heavy atom. The highest BCUT2D eigenvalue weighted by atomic mass is 16.1. The van der Waals surface area contributed by atoms with E-state index >= 15 is 0 Å². The highest BCUT2D eigenvalue weighted by molar-refractivity contribution is 5.97. The van der Waals surface area contributed by atoms with Crippen LogP contribution < -0.4 is 5.73 Å². The van der Waals surface area contributed by atoms with Crippen molar-refractivity contribution in [3.63, 3.8) is 0 Å². The second kappa shape index (κ2) is 6.29. The molecule has 19 heavy (non-hydrogen) atoms. The number of carbonyl (C=O) groups is 1. The highest BCUT2D eigenvalue weighted by Gasteiger charge is 2.11. The van der Waals surface area contributed by atoms with E-state index in [9.17, 15) is 4.79 Å². The van der Waals surface area contributed by atoms with Crippen LogP contribution in [0.5, 0.6) is 0 Å². The van der Waals surface area contributed by atoms with Gasteiger partial charge in [-0.3, -0.25) is 9.48 Å². The van der Waals surface area contributed by atoms with Crippen molar-refractivity contribution in [3.8, 4) is 0 Å². The number of hydrogen-bond donors (Lipinski definition) is 1. The van der Waals surface area contributed by atoms with E-state index < -0.39 is 0 Å². The molecule has 100 valence electrons. The third-order valence-corrected chi connectivity index (χ3v) is 3.26. The summed E-state index contributed by atoms with van der Waals surface area (Å²) >= 11 is 0. The number of rotatable bonds is 6. The Bertz CT molecular complexity index is 560. The second-order valence-electron chi connectivity index (χ2n) is 4.57. The fourth-order valence-corrected chi connectivity index (χ4v) is 2.19. The molecule has 0 spiro atoms. The largest absolute Gasteiger partial charge is 0.330 e. The minimum Gasteiger partial charge on any atom is -0.330 e. The van der Waals surface area contributed by atoms with Gasteiger partial charge >= 0.3 is 0 Å². The Balaban J connectivity index is 2.06. The van der Waals surface area contributed by atoms with Crippen LogP contribution >= 0.6 is 0 Å². The van der Waals surface area contributed by atoms with Gasteiger partial charge in [0.25, 0.3) is 0 Å². The number of hydrogen-bond acceptors (Lipinski definition) is 3. The van der Waals surface area contributed by atoms with E-state index in [4.69, 9.17) is 5.73 Å². The summed E-state index contributed by atoms with van der Waals surface area (Å²) in [5.41, 5.74) is 8.49. The van der Waals surface area contributed by atoms with Crippen LogP contribution in [-0.4, -0.2) is 22.1 Å². The van der Waals surface area contributed by atoms with Crippen LogP contribution in [0.25, 0.3) is 0 Å². The maximum Gasteiger partial charge on any atom is 0.163 e. The molecule has 2 rings (SSSR count). The number of benzene rings is 1. The molecule has 4 nitrogen and oxygen atoms in total. The van der Waals surface area contributed by atoms with Crippen molar-refractivity contribution in [3.05, 3.63) is 53.3 Å². The Morgan fingerprint density at radius 3 is 2.74 bits per heavy atom. The van der Waals surface area contributed by atoms with Gasteiger partial charge < -0.3 is 5.73 Å². The minimum atomic E-state index is 0.172. The Kier molecular flexibility index (Phi) is 4.47. The van der Waals surface area contributed by atoms with Gasteiger partial charge in [-0.1, -0.05) is 24.3 Å². The number of nitrogens with two attached hydrogens (primary N) is 1. The lowest BCUT2D eigenvalue weighted by Gasteiger charge is -2.07. The molecule has 0 aliphatic carbocycles. The Morgan fingerprint density at radius 1 is 1.26 bits per heavy atom. The van der Waals surface area contributed by atoms with Gasteiger partial charge in [0.15, 0.2) is 5.78 Å². The second-order valence-corrected chi connectivity index (χ2v) is 4.57. The first-order valence-electron chi connectivity index (χ1n) is 6.50. The van der Waals surface area contributed by atoms with Crippen LogP contribution in [0.3, 0.4) is 0 Å². The smallest absolute Gasteiger partial charge is 0.163 e. The van der Waals surface area contributed by atoms with Gasteiger partial charge in [0, 0.05) is 30.9 Å². The van der Waals surface area contributed by atoms with Crippen molar-refractivity contribution < 1.29 is 4.79 Å². The van der Waals surface area contributed by atoms with E-state index in [2.05, 4.69) is 5.10 Å². The van der Waals surface area contributed by atoms with E-state index in [1.165, 1.54) is 0 Å². The van der Waals surface area contributed by atoms with E-state index in [1.54, 1.807) is 10.9 Å². The SMILES string of the molecule is Cn1nccc1CCC(=O)c1ccccc1CCN. The average Bonchev–Trinajstić information content (AvgIpc) is 2.82. The van der Waals surface area contributed by atoms with Crippen molar-refractivity contribution in [2.75, 3.05) is 6.54 Å². The molecule has 0 amide bonds. The molecule has 0 bridgehead atoms. The number of aryl methyl sites for hydroxylation is 2. The van der Waals surface area contributed by atoms with E-state index in [-0.39, 0.29) is 5.78 Å². The van der Waals surface area contributed by atoms with Gasteiger partial charge in [0.2, 0.25) is 0 Å². The molecule has 0 aliphatic rings. The normalized spacial score (nSPS) is 10.6. The van der Waals surface area contributed by atoms with Crippen LogP contribution in [0.15, 0.2) is 36.5 Å². The van der Waals surface area contributed by atoms with E-state index in [1.807, 2.05) is 37.4 Å². The molecule has 2 N–H and O–H groups in total. The average molecular weight is 257 g/mol. The standard InChI is InChI=1S/C15H19N3O/c1-18-13(9-11-17-18)6-7-15(19)14-5-3-2-4-12(14)8-10-16/h2-5,9,11H,6-8,10,16H2,1H3. The number of carbonyl (C=O) groups excluding carboxylic acids is 1. The van der Waals surface area contributed by atoms with Gasteiger partial charge in [-0.05, 0) is 31.0 Å². The van der Waals surface area contributed by atoms with Crippen molar-refractivity contribution in [1.82, 2.24) is 9.78 Å². The summed E-state index contributed by atoms with van der Waals surface area (Å²) in [6, 6.07) is 9.65. The van der Waals surface area contributed by atoms with Crippen LogP contribution in [0.4, 0.5) is 0 Å². The van der Waals surface area contributed by atoms with Gasteiger partial charge in [0.1, 0.15) is 0 Å². The third kappa shape index (κ3) is 3.29. The van der Waals surface area contributed by atoms with Crippen molar-refractivity contribution in [2.45, 2.75) is 19.3 Å². The molecule has 0 saturated carbocycles. The van der Waals surface area contributed by atoms with Crippen LogP contribution in [0.1, 0.15) is 28.0 Å². The lowest BCUT2D eigenvalue weighted by molar-refractivity contribution is 0.0981. The lowest BCUT2D eigenvalue weighted by Crippen LogP contribution is -2.10. The van der Waals surface area contributed by atoms with Crippen LogP contribution in [0.2, 0.25) is 0 Å². The third-order valence-electron chi connectivity index (χ3n) is 3.26. The first-order chi connectivity index (χ1) is 9.22. The lowest BCUT2D eigenvalue weighted by atomic mass is 9.98. The zero-order valence-electron chi connectivity index (χ0n) is 11.2. The number of ketones is 1. The van der Waals surface area contributed by atoms with Crippen LogP contribution in [0, 0.1) is 0 Å². The fraction of sp³-hybridized carbons (Fsp3) is 0.333. The molecule has 0 aliphatic heterocycles. The fourth-order valence-electron chi connectivity index (χ4n) is 2.19. The zero-order chi connectivity index (χ0) is 13.7. The molecule has 1 aromatic heterocycles. The van der Waals surface area contributed by atoms with Crippen molar-refractivity contribution >= 4 is 5.78 Å². The number of Topliss-reactive ketones (excluding diaryl/α,β-unsaturated/α-hetero) is 1. The molecule has 0 atom stereocenters. The first kappa shape index (κ1) is 13.5. The number of nitrogens with zero attached hydrogens (tertiary/aromatic N) is 2. The van der Waals surface area contributed by atoms with Gasteiger partial charge in [0.05, 0.1) is 0 Å². The van der Waals surface area contributed by atoms with Crippen molar-refractivity contribution in [2.24, 2.45) is 12.8 Å². The maximum atomic E-state index is 12.3. The molecule has 2 aromatic rings. The maximum absolute atomic E-state index is 12.3. The molecule has 0 saturated heterocycles. The number of aromatic nitrogens is 2. The van der Waals surface area contributed by atoms with Gasteiger partial charge in [-0.25, -0.2) is 0 Å². The minimum absolute atomic E-state index is 0.172. The summed E-state index contributed by atoms with van der Waals surface area (Å²) < 4.78 is 1.80. The summed E-state index contributed by atoms with van der Waals surface area (Å²) in [7, 11) is 1.89. The molecule has 1 heterocycles. The van der Waals surface area contributed by atoms with E-state index in [0.29, 0.717) is 19.4 Å². The molecule has 0 unspecified atom stereocenters.